The van der Waals surface area contributed by atoms with Crippen molar-refractivity contribution in [1.82, 2.24) is 4.98 Å². The fraction of sp³-hybridized carbons (Fsp3) is 0.143. The molecule has 5 heteroatoms. The molecule has 0 saturated heterocycles. The molecule has 0 amide bonds. The van der Waals surface area contributed by atoms with Crippen molar-refractivity contribution in [3.8, 4) is 0 Å². The molecule has 2 rings (SSSR count). The number of pyridine rings is 1. The largest absolute Gasteiger partial charge is 0.398 e. The Bertz CT molecular complexity index is 589. The zero-order chi connectivity index (χ0) is 13.7. The van der Waals surface area contributed by atoms with Crippen LogP contribution in [0.4, 0.5) is 10.1 Å². The minimum absolute atomic E-state index is 0.00652. The van der Waals surface area contributed by atoms with Gasteiger partial charge in [-0.05, 0) is 18.2 Å². The zero-order valence-electron chi connectivity index (χ0n) is 10.2. The molecule has 0 atom stereocenters. The Hall–Kier alpha value is -1.88. The lowest BCUT2D eigenvalue weighted by Gasteiger charge is -2.04. The van der Waals surface area contributed by atoms with Crippen LogP contribution in [0.25, 0.3) is 0 Å². The molecule has 0 aliphatic carbocycles. The zero-order valence-corrected chi connectivity index (χ0v) is 11.0. The highest BCUT2D eigenvalue weighted by Crippen LogP contribution is 2.21. The van der Waals surface area contributed by atoms with Gasteiger partial charge >= 0.3 is 0 Å². The highest BCUT2D eigenvalue weighted by Gasteiger charge is 2.09. The monoisotopic (exact) mass is 276 g/mol. The molecule has 1 aromatic carbocycles. The van der Waals surface area contributed by atoms with E-state index in [4.69, 9.17) is 5.73 Å². The van der Waals surface area contributed by atoms with E-state index < -0.39 is 0 Å². The molecule has 98 valence electrons. The molecule has 1 aromatic heterocycles. The van der Waals surface area contributed by atoms with Gasteiger partial charge in [-0.3, -0.25) is 9.78 Å². The summed E-state index contributed by atoms with van der Waals surface area (Å²) in [5.74, 6) is -0.0934. The maximum atomic E-state index is 13.4. The molecule has 0 radical (unpaired) electrons. The van der Waals surface area contributed by atoms with Crippen molar-refractivity contribution < 1.29 is 9.18 Å². The van der Waals surface area contributed by atoms with E-state index in [0.717, 1.165) is 0 Å². The quantitative estimate of drug-likeness (QED) is 0.853. The third kappa shape index (κ3) is 3.79. The van der Waals surface area contributed by atoms with Crippen LogP contribution in [0.1, 0.15) is 5.56 Å². The summed E-state index contributed by atoms with van der Waals surface area (Å²) in [5.41, 5.74) is 7.01. The molecular weight excluding hydrogens is 263 g/mol. The average Bonchev–Trinajstić information content (AvgIpc) is 2.40. The van der Waals surface area contributed by atoms with Gasteiger partial charge < -0.3 is 5.73 Å². The van der Waals surface area contributed by atoms with Crippen LogP contribution in [-0.4, -0.2) is 16.5 Å². The Kier molecular flexibility index (Phi) is 4.52. The topological polar surface area (TPSA) is 56.0 Å². The first-order valence-corrected chi connectivity index (χ1v) is 6.73. The summed E-state index contributed by atoms with van der Waals surface area (Å²) in [4.78, 5) is 16.2. The molecule has 0 unspecified atom stereocenters. The van der Waals surface area contributed by atoms with Crippen molar-refractivity contribution in [2.75, 3.05) is 11.5 Å². The Balaban J connectivity index is 1.92. The van der Waals surface area contributed by atoms with Crippen molar-refractivity contribution >= 4 is 23.2 Å². The van der Waals surface area contributed by atoms with Crippen LogP contribution in [0.2, 0.25) is 0 Å². The molecule has 0 bridgehead atoms. The minimum atomic E-state index is -0.304. The molecule has 0 spiro atoms. The summed E-state index contributed by atoms with van der Waals surface area (Å²) in [6.07, 6.45) is 3.39. The number of nitrogens with two attached hydrogens (primary N) is 1. The molecule has 0 aliphatic rings. The number of aromatic nitrogens is 1. The van der Waals surface area contributed by atoms with E-state index in [1.54, 1.807) is 36.7 Å². The van der Waals surface area contributed by atoms with Crippen LogP contribution in [-0.2, 0) is 11.2 Å². The second-order valence-corrected chi connectivity index (χ2v) is 5.03. The number of nitrogens with zero attached hydrogens (tertiary/aromatic N) is 1. The van der Waals surface area contributed by atoms with Gasteiger partial charge in [-0.1, -0.05) is 12.1 Å². The van der Waals surface area contributed by atoms with Gasteiger partial charge in [0.05, 0.1) is 5.75 Å². The summed E-state index contributed by atoms with van der Waals surface area (Å²) in [6.45, 7) is 0. The van der Waals surface area contributed by atoms with E-state index in [1.165, 1.54) is 17.8 Å². The predicted molar refractivity (Wildman–Crippen MR) is 74.5 cm³/mol. The number of nitrogen functional groups attached to an aromatic ring is 1. The Morgan fingerprint density at radius 3 is 2.84 bits per heavy atom. The van der Waals surface area contributed by atoms with Gasteiger partial charge in [0.25, 0.3) is 0 Å². The van der Waals surface area contributed by atoms with Crippen molar-refractivity contribution in [3.05, 3.63) is 54.1 Å². The molecule has 3 nitrogen and oxygen atoms in total. The minimum Gasteiger partial charge on any atom is -0.398 e. The number of carbonyl (C=O) groups is 1. The first kappa shape index (κ1) is 13.5. The Labute approximate surface area is 115 Å². The Morgan fingerprint density at radius 1 is 1.32 bits per heavy atom. The lowest BCUT2D eigenvalue weighted by molar-refractivity contribution is -0.116. The number of hydrogen-bond acceptors (Lipinski definition) is 4. The number of benzene rings is 1. The fourth-order valence-corrected chi connectivity index (χ4v) is 2.37. The summed E-state index contributed by atoms with van der Waals surface area (Å²) >= 11 is 1.19. The van der Waals surface area contributed by atoms with Gasteiger partial charge in [-0.2, -0.15) is 0 Å². The molecule has 2 N–H and O–H groups in total. The van der Waals surface area contributed by atoms with Crippen LogP contribution in [0.5, 0.6) is 0 Å². The lowest BCUT2D eigenvalue weighted by atomic mass is 10.1. The molecule has 0 fully saturated rings. The number of rotatable bonds is 5. The number of halogens is 1. The molecule has 0 saturated carbocycles. The second kappa shape index (κ2) is 6.33. The van der Waals surface area contributed by atoms with Crippen LogP contribution >= 0.6 is 11.8 Å². The second-order valence-electron chi connectivity index (χ2n) is 4.01. The third-order valence-electron chi connectivity index (χ3n) is 2.55. The maximum Gasteiger partial charge on any atom is 0.147 e. The molecule has 19 heavy (non-hydrogen) atoms. The van der Waals surface area contributed by atoms with E-state index >= 15 is 0 Å². The van der Waals surface area contributed by atoms with E-state index in [-0.39, 0.29) is 23.8 Å². The summed E-state index contributed by atoms with van der Waals surface area (Å²) in [5, 5.41) is 0. The van der Waals surface area contributed by atoms with Crippen molar-refractivity contribution in [2.24, 2.45) is 0 Å². The fourth-order valence-electron chi connectivity index (χ4n) is 1.57. The van der Waals surface area contributed by atoms with Crippen molar-refractivity contribution in [3.63, 3.8) is 0 Å². The van der Waals surface area contributed by atoms with E-state index in [9.17, 15) is 9.18 Å². The maximum absolute atomic E-state index is 13.4. The van der Waals surface area contributed by atoms with Crippen LogP contribution in [0.3, 0.4) is 0 Å². The predicted octanol–water partition coefficient (Wildman–Crippen LogP) is 2.71. The number of ketones is 1. The summed E-state index contributed by atoms with van der Waals surface area (Å²) in [7, 11) is 0. The first-order valence-electron chi connectivity index (χ1n) is 5.74. The van der Waals surface area contributed by atoms with E-state index in [2.05, 4.69) is 4.98 Å². The Morgan fingerprint density at radius 2 is 2.11 bits per heavy atom. The van der Waals surface area contributed by atoms with Crippen molar-refractivity contribution in [2.45, 2.75) is 11.3 Å². The van der Waals surface area contributed by atoms with Gasteiger partial charge in [0.15, 0.2) is 0 Å². The summed E-state index contributed by atoms with van der Waals surface area (Å²) in [6, 6.07) is 8.07. The third-order valence-corrected chi connectivity index (χ3v) is 3.66. The standard InChI is InChI=1S/C14H13FN2OS/c15-12-3-1-2-4-14(12)19-9-11(18)7-10-8-17-6-5-13(10)16/h1-6,8H,7,9H2,(H2,16,17). The van der Waals surface area contributed by atoms with Crippen LogP contribution in [0.15, 0.2) is 47.6 Å². The van der Waals surface area contributed by atoms with E-state index in [1.807, 2.05) is 0 Å². The van der Waals surface area contributed by atoms with Gasteiger partial charge in [0.2, 0.25) is 0 Å². The number of carbonyl (C=O) groups excluding carboxylic acids is 1. The van der Waals surface area contributed by atoms with Gasteiger partial charge in [-0.25, -0.2) is 4.39 Å². The van der Waals surface area contributed by atoms with E-state index in [0.29, 0.717) is 16.1 Å². The lowest BCUT2D eigenvalue weighted by Crippen LogP contribution is -2.08. The molecule has 0 aliphatic heterocycles. The van der Waals surface area contributed by atoms with Gasteiger partial charge in [0, 0.05) is 35.0 Å². The summed E-state index contributed by atoms with van der Waals surface area (Å²) < 4.78 is 13.4. The highest BCUT2D eigenvalue weighted by molar-refractivity contribution is 8.00. The van der Waals surface area contributed by atoms with Crippen LogP contribution < -0.4 is 5.73 Å². The average molecular weight is 276 g/mol. The number of hydrogen-bond donors (Lipinski definition) is 1. The van der Waals surface area contributed by atoms with Gasteiger partial charge in [0.1, 0.15) is 11.6 Å². The molecular formula is C14H13FN2OS. The normalized spacial score (nSPS) is 10.4. The highest BCUT2D eigenvalue weighted by atomic mass is 32.2. The number of Topliss-reactive ketones (excluding diaryl/α,β-unsaturated/α-hetero) is 1. The van der Waals surface area contributed by atoms with Crippen LogP contribution in [0, 0.1) is 5.82 Å². The van der Waals surface area contributed by atoms with Gasteiger partial charge in [-0.15, -0.1) is 11.8 Å². The number of thioether (sulfide) groups is 1. The molecule has 2 aromatic rings. The smallest absolute Gasteiger partial charge is 0.147 e. The SMILES string of the molecule is Nc1ccncc1CC(=O)CSc1ccccc1F. The van der Waals surface area contributed by atoms with Crippen molar-refractivity contribution in [1.29, 1.82) is 0 Å². The molecule has 1 heterocycles. The number of anilines is 1. The first-order chi connectivity index (χ1) is 9.16.